The summed E-state index contributed by atoms with van der Waals surface area (Å²) in [6.45, 7) is 14.7. The van der Waals surface area contributed by atoms with Crippen LogP contribution in [0.1, 0.15) is 57.5 Å². The number of benzene rings is 2. The number of hydrogen-bond acceptors (Lipinski definition) is 6. The fraction of sp³-hybridized carbons (Fsp3) is 0.364. The Labute approximate surface area is 252 Å². The molecule has 0 radical (unpaired) electrons. The summed E-state index contributed by atoms with van der Waals surface area (Å²) in [6.07, 6.45) is 6.58. The van der Waals surface area contributed by atoms with Crippen molar-refractivity contribution in [3.8, 4) is 0 Å². The number of carbonyl (C=O) groups excluding carboxylic acids is 3. The second kappa shape index (κ2) is 11.7. The Balaban J connectivity index is 1.73. The zero-order valence-corrected chi connectivity index (χ0v) is 26.3. The van der Waals surface area contributed by atoms with E-state index in [2.05, 4.69) is 6.58 Å². The van der Waals surface area contributed by atoms with Gasteiger partial charge in [-0.1, -0.05) is 30.9 Å². The molecular formula is C33H39N3O5S. The smallest absolute Gasteiger partial charge is 0.414 e. The summed E-state index contributed by atoms with van der Waals surface area (Å²) in [7, 11) is 3.33. The van der Waals surface area contributed by atoms with Gasteiger partial charge in [0, 0.05) is 35.9 Å². The van der Waals surface area contributed by atoms with Gasteiger partial charge in [0.05, 0.1) is 17.0 Å². The molecule has 2 aromatic carbocycles. The predicted molar refractivity (Wildman–Crippen MR) is 169 cm³/mol. The molecule has 2 atom stereocenters. The van der Waals surface area contributed by atoms with Crippen molar-refractivity contribution < 1.29 is 23.9 Å². The van der Waals surface area contributed by atoms with E-state index >= 15 is 0 Å². The number of amides is 3. The number of likely N-dealkylation sites (N-methyl/N-ethyl adjacent to an activating group) is 1. The van der Waals surface area contributed by atoms with Crippen molar-refractivity contribution in [3.63, 3.8) is 0 Å². The van der Waals surface area contributed by atoms with Gasteiger partial charge in [0.15, 0.2) is 0 Å². The van der Waals surface area contributed by atoms with Crippen LogP contribution in [0.25, 0.3) is 6.08 Å². The van der Waals surface area contributed by atoms with Crippen LogP contribution in [-0.2, 0) is 9.47 Å². The maximum Gasteiger partial charge on any atom is 0.414 e. The van der Waals surface area contributed by atoms with Crippen molar-refractivity contribution in [2.75, 3.05) is 23.9 Å². The fourth-order valence-electron chi connectivity index (χ4n) is 4.52. The summed E-state index contributed by atoms with van der Waals surface area (Å²) in [4.78, 5) is 45.2. The molecule has 2 aromatic rings. The highest BCUT2D eigenvalue weighted by molar-refractivity contribution is 8.00. The van der Waals surface area contributed by atoms with Gasteiger partial charge in [-0.05, 0) is 89.6 Å². The molecule has 1 aliphatic carbocycles. The lowest BCUT2D eigenvalue weighted by molar-refractivity contribution is 0.0357. The second-order valence-corrected chi connectivity index (χ2v) is 13.5. The molecule has 1 heterocycles. The number of rotatable bonds is 4. The Bertz CT molecular complexity index is 1450. The average molecular weight is 590 g/mol. The minimum Gasteiger partial charge on any atom is -0.443 e. The first-order valence-corrected chi connectivity index (χ1v) is 14.7. The Hall–Kier alpha value is -3.98. The molecule has 0 bridgehead atoms. The largest absolute Gasteiger partial charge is 0.443 e. The van der Waals surface area contributed by atoms with E-state index in [0.717, 1.165) is 16.1 Å². The lowest BCUT2D eigenvalue weighted by atomic mass is 10.0. The van der Waals surface area contributed by atoms with Crippen LogP contribution < -0.4 is 9.80 Å². The summed E-state index contributed by atoms with van der Waals surface area (Å²) in [5.41, 5.74) is 2.24. The highest BCUT2D eigenvalue weighted by atomic mass is 32.2. The summed E-state index contributed by atoms with van der Waals surface area (Å²) < 4.78 is 11.1. The van der Waals surface area contributed by atoms with Gasteiger partial charge >= 0.3 is 12.2 Å². The van der Waals surface area contributed by atoms with E-state index in [4.69, 9.17) is 9.47 Å². The van der Waals surface area contributed by atoms with Crippen molar-refractivity contribution in [3.05, 3.63) is 84.1 Å². The van der Waals surface area contributed by atoms with E-state index < -0.39 is 23.4 Å². The van der Waals surface area contributed by atoms with Crippen molar-refractivity contribution in [2.45, 2.75) is 68.9 Å². The first-order valence-electron chi connectivity index (χ1n) is 13.8. The Morgan fingerprint density at radius 3 is 2.07 bits per heavy atom. The third-order valence-corrected chi connectivity index (χ3v) is 7.89. The molecule has 3 amide bonds. The minimum absolute atomic E-state index is 0.155. The molecule has 1 aliphatic heterocycles. The van der Waals surface area contributed by atoms with Crippen molar-refractivity contribution in [1.29, 1.82) is 0 Å². The number of thioether (sulfide) groups is 1. The minimum atomic E-state index is -0.637. The molecule has 8 nitrogen and oxygen atoms in total. The van der Waals surface area contributed by atoms with E-state index in [-0.39, 0.29) is 17.2 Å². The van der Waals surface area contributed by atoms with Gasteiger partial charge in [-0.25, -0.2) is 9.59 Å². The molecule has 0 fully saturated rings. The maximum absolute atomic E-state index is 14.0. The van der Waals surface area contributed by atoms with Crippen molar-refractivity contribution >= 4 is 47.3 Å². The van der Waals surface area contributed by atoms with Crippen molar-refractivity contribution in [1.82, 2.24) is 4.90 Å². The third kappa shape index (κ3) is 6.90. The highest BCUT2D eigenvalue weighted by Crippen LogP contribution is 2.46. The summed E-state index contributed by atoms with van der Waals surface area (Å²) in [5.74, 6) is -0.155. The van der Waals surface area contributed by atoms with E-state index in [9.17, 15) is 14.4 Å². The number of allylic oxidation sites excluding steroid dienone is 1. The Morgan fingerprint density at radius 2 is 1.50 bits per heavy atom. The van der Waals surface area contributed by atoms with Crippen LogP contribution in [0.2, 0.25) is 0 Å². The van der Waals surface area contributed by atoms with Crippen LogP contribution in [0, 0.1) is 0 Å². The van der Waals surface area contributed by atoms with E-state index in [1.54, 1.807) is 49.0 Å². The van der Waals surface area contributed by atoms with Gasteiger partial charge < -0.3 is 9.47 Å². The van der Waals surface area contributed by atoms with Gasteiger partial charge in [-0.15, -0.1) is 11.8 Å². The first kappa shape index (κ1) is 31.0. The molecular weight excluding hydrogens is 550 g/mol. The quantitative estimate of drug-likeness (QED) is 0.367. The maximum atomic E-state index is 14.0. The van der Waals surface area contributed by atoms with E-state index in [1.807, 2.05) is 90.1 Å². The molecule has 9 heteroatoms. The average Bonchev–Trinajstić information content (AvgIpc) is 2.92. The molecule has 2 unspecified atom stereocenters. The predicted octanol–water partition coefficient (Wildman–Crippen LogP) is 7.51. The van der Waals surface area contributed by atoms with Crippen LogP contribution in [0.5, 0.6) is 0 Å². The number of carbonyl (C=O) groups is 3. The SMILES string of the molecule is C=Cc1ccc(C(=O)N2c3ccc(N(C)C(=O)OC(C)(C)C)cc3SC3C=C(N(C)C(=O)OC(C)(C)C)C=CC32)cc1. The van der Waals surface area contributed by atoms with Crippen molar-refractivity contribution in [2.24, 2.45) is 0 Å². The normalized spacial score (nSPS) is 17.8. The summed E-state index contributed by atoms with van der Waals surface area (Å²) >= 11 is 1.57. The lowest BCUT2D eigenvalue weighted by Gasteiger charge is -2.42. The zero-order valence-electron chi connectivity index (χ0n) is 25.5. The zero-order chi connectivity index (χ0) is 31.0. The number of fused-ring (bicyclic) bond motifs is 2. The third-order valence-electron chi connectivity index (χ3n) is 6.62. The highest BCUT2D eigenvalue weighted by Gasteiger charge is 2.39. The Kier molecular flexibility index (Phi) is 8.64. The Morgan fingerprint density at radius 1 is 0.905 bits per heavy atom. The summed E-state index contributed by atoms with van der Waals surface area (Å²) in [6, 6.07) is 12.6. The molecule has 4 rings (SSSR count). The topological polar surface area (TPSA) is 79.4 Å². The van der Waals surface area contributed by atoms with Gasteiger partial charge in [-0.3, -0.25) is 19.5 Å². The molecule has 0 spiro atoms. The van der Waals surface area contributed by atoms with Gasteiger partial charge in [0.2, 0.25) is 0 Å². The molecule has 0 saturated carbocycles. The number of anilines is 2. The van der Waals surface area contributed by atoms with E-state index in [1.165, 1.54) is 9.80 Å². The number of ether oxygens (including phenoxy) is 2. The summed E-state index contributed by atoms with van der Waals surface area (Å²) in [5, 5.41) is -0.208. The molecule has 0 aromatic heterocycles. The number of nitrogens with zero attached hydrogens (tertiary/aromatic N) is 3. The lowest BCUT2D eigenvalue weighted by Crippen LogP contribution is -2.48. The van der Waals surface area contributed by atoms with Gasteiger partial charge in [-0.2, -0.15) is 0 Å². The standard InChI is InChI=1S/C33H39N3O5S/c1-10-21-11-13-22(14-12-21)29(37)36-25-17-15-23(34(8)30(38)40-32(2,3)4)19-27(25)42-28-20-24(16-18-26(28)36)35(9)31(39)41-33(5,6)7/h10-20,25,27H,1H2,2-9H3. The molecule has 0 saturated heterocycles. The van der Waals surface area contributed by atoms with Gasteiger partial charge in [0.25, 0.3) is 5.91 Å². The van der Waals surface area contributed by atoms with Crippen LogP contribution in [0.15, 0.2) is 77.9 Å². The van der Waals surface area contributed by atoms with Crippen LogP contribution in [0.4, 0.5) is 21.0 Å². The monoisotopic (exact) mass is 589 g/mol. The molecule has 2 aliphatic rings. The second-order valence-electron chi connectivity index (χ2n) is 12.3. The molecule has 42 heavy (non-hydrogen) atoms. The van der Waals surface area contributed by atoms with Crippen LogP contribution >= 0.6 is 11.8 Å². The van der Waals surface area contributed by atoms with Crippen LogP contribution in [-0.4, -0.2) is 59.6 Å². The first-order chi connectivity index (χ1) is 19.6. The fourth-order valence-corrected chi connectivity index (χ4v) is 5.85. The van der Waals surface area contributed by atoms with E-state index in [0.29, 0.717) is 16.9 Å². The molecule has 222 valence electrons. The van der Waals surface area contributed by atoms with Crippen LogP contribution in [0.3, 0.4) is 0 Å². The number of hydrogen-bond donors (Lipinski definition) is 0. The van der Waals surface area contributed by atoms with Gasteiger partial charge in [0.1, 0.15) is 11.2 Å². The molecule has 0 N–H and O–H groups in total.